The van der Waals surface area contributed by atoms with Crippen molar-refractivity contribution in [3.63, 3.8) is 0 Å². The van der Waals surface area contributed by atoms with Crippen molar-refractivity contribution < 1.29 is 4.79 Å². The van der Waals surface area contributed by atoms with Crippen molar-refractivity contribution >= 4 is 5.91 Å². The highest BCUT2D eigenvalue weighted by Crippen LogP contribution is 2.33. The van der Waals surface area contributed by atoms with E-state index in [0.717, 1.165) is 24.1 Å². The molecular weight excluding hydrogens is 246 g/mol. The van der Waals surface area contributed by atoms with Crippen LogP contribution in [0.4, 0.5) is 0 Å². The summed E-state index contributed by atoms with van der Waals surface area (Å²) in [5.41, 5.74) is 4.75. The Kier molecular flexibility index (Phi) is 3.31. The summed E-state index contributed by atoms with van der Waals surface area (Å²) in [5.74, 6) is 0.0316. The Morgan fingerprint density at radius 1 is 1.00 bits per heavy atom. The molecule has 1 aliphatic heterocycles. The molecule has 2 aromatic carbocycles. The topological polar surface area (TPSA) is 20.3 Å². The van der Waals surface area contributed by atoms with Gasteiger partial charge in [-0.2, -0.15) is 0 Å². The van der Waals surface area contributed by atoms with Gasteiger partial charge in [0.2, 0.25) is 5.91 Å². The maximum atomic E-state index is 12.8. The van der Waals surface area contributed by atoms with Crippen LogP contribution in [0.3, 0.4) is 0 Å². The Hall–Kier alpha value is -2.09. The van der Waals surface area contributed by atoms with Crippen molar-refractivity contribution in [1.29, 1.82) is 0 Å². The molecule has 3 rings (SSSR count). The molecule has 0 bridgehead atoms. The molecule has 1 aliphatic rings. The van der Waals surface area contributed by atoms with Gasteiger partial charge < -0.3 is 4.90 Å². The van der Waals surface area contributed by atoms with E-state index in [2.05, 4.69) is 37.3 Å². The summed E-state index contributed by atoms with van der Waals surface area (Å²) in [5, 5.41) is 0. The van der Waals surface area contributed by atoms with Gasteiger partial charge in [0.1, 0.15) is 0 Å². The van der Waals surface area contributed by atoms with E-state index in [-0.39, 0.29) is 11.8 Å². The predicted octanol–water partition coefficient (Wildman–Crippen LogP) is 3.14. The number of likely N-dealkylation sites (N-methyl/N-ethyl adjacent to an activating group) is 1. The van der Waals surface area contributed by atoms with Crippen LogP contribution in [0.1, 0.15) is 28.2 Å². The first-order valence-corrected chi connectivity index (χ1v) is 7.07. The van der Waals surface area contributed by atoms with Gasteiger partial charge in [0, 0.05) is 13.6 Å². The quantitative estimate of drug-likeness (QED) is 0.775. The summed E-state index contributed by atoms with van der Waals surface area (Å²) in [7, 11) is 1.90. The first-order valence-electron chi connectivity index (χ1n) is 7.07. The van der Waals surface area contributed by atoms with Crippen molar-refractivity contribution in [1.82, 2.24) is 4.90 Å². The van der Waals surface area contributed by atoms with Crippen molar-refractivity contribution in [2.24, 2.45) is 0 Å². The van der Waals surface area contributed by atoms with E-state index in [9.17, 15) is 4.79 Å². The van der Waals surface area contributed by atoms with Crippen molar-refractivity contribution in [3.05, 3.63) is 70.8 Å². The van der Waals surface area contributed by atoms with Crippen LogP contribution in [-0.4, -0.2) is 24.4 Å². The summed E-state index contributed by atoms with van der Waals surface area (Å²) in [6.07, 6.45) is 0.931. The van der Waals surface area contributed by atoms with Crippen LogP contribution in [0.15, 0.2) is 48.5 Å². The maximum Gasteiger partial charge on any atom is 0.234 e. The minimum Gasteiger partial charge on any atom is -0.345 e. The molecule has 1 unspecified atom stereocenters. The molecule has 2 aromatic rings. The zero-order valence-corrected chi connectivity index (χ0v) is 12.0. The lowest BCUT2D eigenvalue weighted by atomic mass is 9.85. The van der Waals surface area contributed by atoms with Gasteiger partial charge in [0.25, 0.3) is 0 Å². The van der Waals surface area contributed by atoms with Crippen LogP contribution < -0.4 is 0 Å². The number of benzene rings is 2. The largest absolute Gasteiger partial charge is 0.345 e. The standard InChI is InChI=1S/C18H19NO/c1-13-7-3-5-9-15(13)17-16-10-6-4-8-14(16)11-12-19(2)18(17)20/h3-10,17H,11-12H2,1-2H3. The number of hydrogen-bond donors (Lipinski definition) is 0. The third-order valence-corrected chi connectivity index (χ3v) is 4.21. The maximum absolute atomic E-state index is 12.8. The summed E-state index contributed by atoms with van der Waals surface area (Å²) >= 11 is 0. The molecule has 2 nitrogen and oxygen atoms in total. The number of hydrogen-bond acceptors (Lipinski definition) is 1. The second-order valence-electron chi connectivity index (χ2n) is 5.50. The van der Waals surface area contributed by atoms with Crippen molar-refractivity contribution in [2.75, 3.05) is 13.6 Å². The Morgan fingerprint density at radius 3 is 2.40 bits per heavy atom. The molecule has 0 aromatic heterocycles. The van der Waals surface area contributed by atoms with Crippen LogP contribution in [0, 0.1) is 6.92 Å². The first-order chi connectivity index (χ1) is 9.68. The number of carbonyl (C=O) groups is 1. The molecule has 0 radical (unpaired) electrons. The van der Waals surface area contributed by atoms with Gasteiger partial charge in [-0.25, -0.2) is 0 Å². The van der Waals surface area contributed by atoms with E-state index in [0.29, 0.717) is 0 Å². The third-order valence-electron chi connectivity index (χ3n) is 4.21. The fourth-order valence-electron chi connectivity index (χ4n) is 3.01. The van der Waals surface area contributed by atoms with Gasteiger partial charge in [-0.1, -0.05) is 48.5 Å². The lowest BCUT2D eigenvalue weighted by Crippen LogP contribution is -2.31. The highest BCUT2D eigenvalue weighted by Gasteiger charge is 2.30. The second-order valence-corrected chi connectivity index (χ2v) is 5.50. The molecule has 0 N–H and O–H groups in total. The molecule has 2 heteroatoms. The first kappa shape index (κ1) is 12.9. The zero-order valence-electron chi connectivity index (χ0n) is 12.0. The minimum absolute atomic E-state index is 0.167. The molecular formula is C18H19NO. The third kappa shape index (κ3) is 2.11. The Labute approximate surface area is 120 Å². The van der Waals surface area contributed by atoms with Crippen LogP contribution in [0.5, 0.6) is 0 Å². The minimum atomic E-state index is -0.167. The van der Waals surface area contributed by atoms with E-state index >= 15 is 0 Å². The normalized spacial score (nSPS) is 18.6. The molecule has 20 heavy (non-hydrogen) atoms. The highest BCUT2D eigenvalue weighted by atomic mass is 16.2. The van der Waals surface area contributed by atoms with Gasteiger partial charge in [-0.15, -0.1) is 0 Å². The van der Waals surface area contributed by atoms with E-state index in [1.54, 1.807) is 0 Å². The fraction of sp³-hybridized carbons (Fsp3) is 0.278. The lowest BCUT2D eigenvalue weighted by Gasteiger charge is -2.22. The Balaban J connectivity index is 2.20. The summed E-state index contributed by atoms with van der Waals surface area (Å²) in [6, 6.07) is 16.5. The molecule has 0 spiro atoms. The summed E-state index contributed by atoms with van der Waals surface area (Å²) in [6.45, 7) is 2.87. The zero-order chi connectivity index (χ0) is 14.1. The van der Waals surface area contributed by atoms with Crippen LogP contribution in [0.25, 0.3) is 0 Å². The van der Waals surface area contributed by atoms with Gasteiger partial charge in [0.15, 0.2) is 0 Å². The molecule has 1 atom stereocenters. The number of rotatable bonds is 1. The van der Waals surface area contributed by atoms with Gasteiger partial charge in [-0.3, -0.25) is 4.79 Å². The van der Waals surface area contributed by atoms with E-state index in [4.69, 9.17) is 0 Å². The van der Waals surface area contributed by atoms with E-state index in [1.165, 1.54) is 11.1 Å². The monoisotopic (exact) mass is 265 g/mol. The molecule has 1 amide bonds. The molecule has 102 valence electrons. The van der Waals surface area contributed by atoms with E-state index in [1.807, 2.05) is 30.1 Å². The lowest BCUT2D eigenvalue weighted by molar-refractivity contribution is -0.130. The summed E-state index contributed by atoms with van der Waals surface area (Å²) < 4.78 is 0. The molecule has 0 aliphatic carbocycles. The number of carbonyl (C=O) groups excluding carboxylic acids is 1. The number of nitrogens with zero attached hydrogens (tertiary/aromatic N) is 1. The Bertz CT molecular complexity index is 647. The van der Waals surface area contributed by atoms with Gasteiger partial charge in [0.05, 0.1) is 5.92 Å². The van der Waals surface area contributed by atoms with Crippen molar-refractivity contribution in [3.8, 4) is 0 Å². The average molecular weight is 265 g/mol. The van der Waals surface area contributed by atoms with Crippen LogP contribution in [0.2, 0.25) is 0 Å². The molecule has 1 heterocycles. The molecule has 0 fully saturated rings. The van der Waals surface area contributed by atoms with Crippen LogP contribution >= 0.6 is 0 Å². The highest BCUT2D eigenvalue weighted by molar-refractivity contribution is 5.88. The SMILES string of the molecule is Cc1ccccc1C1C(=O)N(C)CCc2ccccc21. The Morgan fingerprint density at radius 2 is 1.65 bits per heavy atom. The number of aryl methyl sites for hydroxylation is 1. The number of amides is 1. The summed E-state index contributed by atoms with van der Waals surface area (Å²) in [4.78, 5) is 14.6. The second kappa shape index (κ2) is 5.12. The average Bonchev–Trinajstić information content (AvgIpc) is 2.59. The predicted molar refractivity (Wildman–Crippen MR) is 80.8 cm³/mol. The van der Waals surface area contributed by atoms with Crippen LogP contribution in [-0.2, 0) is 11.2 Å². The van der Waals surface area contributed by atoms with Crippen molar-refractivity contribution in [2.45, 2.75) is 19.3 Å². The van der Waals surface area contributed by atoms with Gasteiger partial charge >= 0.3 is 0 Å². The fourth-order valence-corrected chi connectivity index (χ4v) is 3.01. The van der Waals surface area contributed by atoms with E-state index < -0.39 is 0 Å². The molecule has 0 saturated heterocycles. The molecule has 0 saturated carbocycles. The smallest absolute Gasteiger partial charge is 0.234 e. The van der Waals surface area contributed by atoms with Gasteiger partial charge in [-0.05, 0) is 35.6 Å². The number of fused-ring (bicyclic) bond motifs is 1.